The van der Waals surface area contributed by atoms with E-state index in [1.807, 2.05) is 0 Å². The molecule has 1 unspecified atom stereocenters. The first-order chi connectivity index (χ1) is 9.76. The molecule has 3 heteroatoms. The normalized spacial score (nSPS) is 25.8. The molecular formula is C17H31NO2. The number of hydrogen-bond acceptors (Lipinski definition) is 3. The molecule has 1 spiro atoms. The minimum Gasteiger partial charge on any atom is -0.375 e. The molecule has 2 fully saturated rings. The van der Waals surface area contributed by atoms with Crippen molar-refractivity contribution in [2.24, 2.45) is 11.7 Å². The quantitative estimate of drug-likeness (QED) is 0.725. The van der Waals surface area contributed by atoms with E-state index in [-0.39, 0.29) is 11.5 Å². The predicted octanol–water partition coefficient (Wildman–Crippen LogP) is 3.59. The van der Waals surface area contributed by atoms with Gasteiger partial charge in [-0.05, 0) is 45.1 Å². The third kappa shape index (κ3) is 4.56. The van der Waals surface area contributed by atoms with Crippen LogP contribution in [0.15, 0.2) is 0 Å². The molecule has 0 aromatic heterocycles. The standard InChI is InChI=1S/C17H31NO2/c18-12-7-2-1-4-8-16(19)15-9-13-20-17(14-15)10-5-3-6-11-17/h15H,1-14,18H2. The lowest BCUT2D eigenvalue weighted by Gasteiger charge is -2.43. The van der Waals surface area contributed by atoms with Crippen molar-refractivity contribution in [2.45, 2.75) is 82.7 Å². The highest BCUT2D eigenvalue weighted by atomic mass is 16.5. The lowest BCUT2D eigenvalue weighted by molar-refractivity contribution is -0.143. The Morgan fingerprint density at radius 3 is 2.60 bits per heavy atom. The van der Waals surface area contributed by atoms with Crippen molar-refractivity contribution in [2.75, 3.05) is 13.2 Å². The highest BCUT2D eigenvalue weighted by Gasteiger charge is 2.40. The Morgan fingerprint density at radius 2 is 1.85 bits per heavy atom. The summed E-state index contributed by atoms with van der Waals surface area (Å²) >= 11 is 0. The van der Waals surface area contributed by atoms with Crippen LogP contribution in [0.2, 0.25) is 0 Å². The van der Waals surface area contributed by atoms with Crippen molar-refractivity contribution in [1.29, 1.82) is 0 Å². The zero-order valence-corrected chi connectivity index (χ0v) is 12.9. The minimum absolute atomic E-state index is 0.0658. The maximum Gasteiger partial charge on any atom is 0.136 e. The zero-order chi connectivity index (χ0) is 14.3. The summed E-state index contributed by atoms with van der Waals surface area (Å²) < 4.78 is 6.08. The first-order valence-corrected chi connectivity index (χ1v) is 8.62. The van der Waals surface area contributed by atoms with Gasteiger partial charge in [0.05, 0.1) is 5.60 Å². The Hall–Kier alpha value is -0.410. The number of rotatable bonds is 7. The molecule has 1 atom stereocenters. The second-order valence-corrected chi connectivity index (χ2v) is 6.70. The van der Waals surface area contributed by atoms with Crippen LogP contribution in [0.1, 0.15) is 77.0 Å². The maximum atomic E-state index is 12.4. The van der Waals surface area contributed by atoms with Crippen LogP contribution in [0.4, 0.5) is 0 Å². The lowest BCUT2D eigenvalue weighted by Crippen LogP contribution is -2.43. The fraction of sp³-hybridized carbons (Fsp3) is 0.941. The lowest BCUT2D eigenvalue weighted by atomic mass is 9.74. The van der Waals surface area contributed by atoms with Gasteiger partial charge < -0.3 is 10.5 Å². The largest absolute Gasteiger partial charge is 0.375 e. The SMILES string of the molecule is NCCCCCCC(=O)C1CCOC2(CCCCC2)C1. The number of carbonyl (C=O) groups is 1. The third-order valence-electron chi connectivity index (χ3n) is 5.09. The van der Waals surface area contributed by atoms with E-state index in [0.29, 0.717) is 5.78 Å². The maximum absolute atomic E-state index is 12.4. The van der Waals surface area contributed by atoms with Gasteiger partial charge in [0.1, 0.15) is 5.78 Å². The van der Waals surface area contributed by atoms with E-state index in [2.05, 4.69) is 0 Å². The zero-order valence-electron chi connectivity index (χ0n) is 12.9. The first kappa shape index (κ1) is 16.0. The van der Waals surface area contributed by atoms with Crippen molar-refractivity contribution in [3.05, 3.63) is 0 Å². The number of hydrogen-bond donors (Lipinski definition) is 1. The summed E-state index contributed by atoms with van der Waals surface area (Å²) in [6, 6.07) is 0. The highest BCUT2D eigenvalue weighted by Crippen LogP contribution is 2.41. The van der Waals surface area contributed by atoms with Crippen molar-refractivity contribution in [3.8, 4) is 0 Å². The molecule has 0 radical (unpaired) electrons. The average Bonchev–Trinajstić information content (AvgIpc) is 2.48. The molecule has 1 aliphatic carbocycles. The molecule has 1 saturated carbocycles. The van der Waals surface area contributed by atoms with Crippen LogP contribution in [0.3, 0.4) is 0 Å². The summed E-state index contributed by atoms with van der Waals surface area (Å²) in [6.45, 7) is 1.57. The van der Waals surface area contributed by atoms with E-state index in [4.69, 9.17) is 10.5 Å². The van der Waals surface area contributed by atoms with E-state index < -0.39 is 0 Å². The molecule has 20 heavy (non-hydrogen) atoms. The number of unbranched alkanes of at least 4 members (excludes halogenated alkanes) is 3. The molecule has 3 nitrogen and oxygen atoms in total. The van der Waals surface area contributed by atoms with Gasteiger partial charge >= 0.3 is 0 Å². The van der Waals surface area contributed by atoms with Crippen LogP contribution < -0.4 is 5.73 Å². The Morgan fingerprint density at radius 1 is 1.10 bits per heavy atom. The van der Waals surface area contributed by atoms with Gasteiger partial charge in [0, 0.05) is 18.9 Å². The van der Waals surface area contributed by atoms with Crippen molar-refractivity contribution in [3.63, 3.8) is 0 Å². The number of nitrogens with two attached hydrogens (primary N) is 1. The molecule has 0 bridgehead atoms. The molecule has 1 aliphatic heterocycles. The second-order valence-electron chi connectivity index (χ2n) is 6.70. The second kappa shape index (κ2) is 8.14. The number of ether oxygens (including phenoxy) is 1. The molecule has 1 saturated heterocycles. The van der Waals surface area contributed by atoms with E-state index in [0.717, 1.165) is 51.7 Å². The summed E-state index contributed by atoms with van der Waals surface area (Å²) in [6.07, 6.45) is 13.4. The van der Waals surface area contributed by atoms with Gasteiger partial charge in [-0.2, -0.15) is 0 Å². The average molecular weight is 281 g/mol. The van der Waals surface area contributed by atoms with Crippen LogP contribution in [-0.4, -0.2) is 24.5 Å². The Labute approximate surface area is 123 Å². The Balaban J connectivity index is 1.72. The first-order valence-electron chi connectivity index (χ1n) is 8.62. The smallest absolute Gasteiger partial charge is 0.136 e. The van der Waals surface area contributed by atoms with Crippen molar-refractivity contribution >= 4 is 5.78 Å². The fourth-order valence-electron chi connectivity index (χ4n) is 3.85. The third-order valence-corrected chi connectivity index (χ3v) is 5.09. The molecule has 116 valence electrons. The van der Waals surface area contributed by atoms with Crippen molar-refractivity contribution in [1.82, 2.24) is 0 Å². The van der Waals surface area contributed by atoms with Gasteiger partial charge in [-0.25, -0.2) is 0 Å². The molecule has 2 aliphatic rings. The molecule has 0 aromatic rings. The summed E-state index contributed by atoms with van der Waals surface area (Å²) in [5.74, 6) is 0.766. The van der Waals surface area contributed by atoms with E-state index in [1.165, 1.54) is 38.5 Å². The van der Waals surface area contributed by atoms with Gasteiger partial charge in [-0.1, -0.05) is 32.1 Å². The van der Waals surface area contributed by atoms with Gasteiger partial charge in [-0.15, -0.1) is 0 Å². The minimum atomic E-state index is 0.0658. The summed E-state index contributed by atoms with van der Waals surface area (Å²) in [4.78, 5) is 12.4. The van der Waals surface area contributed by atoms with Crippen LogP contribution in [0.25, 0.3) is 0 Å². The Bertz CT molecular complexity index is 292. The number of carbonyl (C=O) groups excluding carboxylic acids is 1. The summed E-state index contributed by atoms with van der Waals surface area (Å²) in [5, 5.41) is 0. The van der Waals surface area contributed by atoms with E-state index >= 15 is 0 Å². The highest BCUT2D eigenvalue weighted by molar-refractivity contribution is 5.81. The van der Waals surface area contributed by atoms with Gasteiger partial charge in [-0.3, -0.25) is 4.79 Å². The van der Waals surface area contributed by atoms with E-state index in [1.54, 1.807) is 0 Å². The predicted molar refractivity (Wildman–Crippen MR) is 81.6 cm³/mol. The number of Topliss-reactive ketones (excluding diaryl/α,β-unsaturated/α-hetero) is 1. The van der Waals surface area contributed by atoms with Gasteiger partial charge in [0.25, 0.3) is 0 Å². The molecular weight excluding hydrogens is 250 g/mol. The summed E-state index contributed by atoms with van der Waals surface area (Å²) in [7, 11) is 0. The monoisotopic (exact) mass is 281 g/mol. The number of ketones is 1. The topological polar surface area (TPSA) is 52.3 Å². The van der Waals surface area contributed by atoms with E-state index in [9.17, 15) is 4.79 Å². The molecule has 2 N–H and O–H groups in total. The van der Waals surface area contributed by atoms with Crippen LogP contribution in [0, 0.1) is 5.92 Å². The summed E-state index contributed by atoms with van der Waals surface area (Å²) in [5.41, 5.74) is 5.55. The molecule has 0 amide bonds. The van der Waals surface area contributed by atoms with Crippen molar-refractivity contribution < 1.29 is 9.53 Å². The Kier molecular flexibility index (Phi) is 6.50. The van der Waals surface area contributed by atoms with Crippen LogP contribution in [0.5, 0.6) is 0 Å². The van der Waals surface area contributed by atoms with Gasteiger partial charge in [0.15, 0.2) is 0 Å². The fourth-order valence-corrected chi connectivity index (χ4v) is 3.85. The molecule has 1 heterocycles. The van der Waals surface area contributed by atoms with Crippen LogP contribution >= 0.6 is 0 Å². The van der Waals surface area contributed by atoms with Crippen LogP contribution in [-0.2, 0) is 9.53 Å². The van der Waals surface area contributed by atoms with Gasteiger partial charge in [0.2, 0.25) is 0 Å². The molecule has 2 rings (SSSR count). The molecule has 0 aromatic carbocycles.